The molecule has 1 amide bonds. The van der Waals surface area contributed by atoms with Gasteiger partial charge in [-0.15, -0.1) is 0 Å². The smallest absolute Gasteiger partial charge is 0.425 e. The summed E-state index contributed by atoms with van der Waals surface area (Å²) in [4.78, 5) is 19.5. The highest BCUT2D eigenvalue weighted by atomic mass is 35.5. The Balaban J connectivity index is 1.99. The van der Waals surface area contributed by atoms with Gasteiger partial charge in [-0.2, -0.15) is 13.2 Å². The minimum Gasteiger partial charge on any atom is -0.452 e. The van der Waals surface area contributed by atoms with Gasteiger partial charge in [0.1, 0.15) is 0 Å². The number of alkyl halides is 3. The average Bonchev–Trinajstić information content (AvgIpc) is 2.62. The topological polar surface area (TPSA) is 89.6 Å². The van der Waals surface area contributed by atoms with Crippen LogP contribution in [-0.4, -0.2) is 29.2 Å². The van der Waals surface area contributed by atoms with E-state index in [1.807, 2.05) is 0 Å². The fourth-order valence-corrected chi connectivity index (χ4v) is 3.19. The number of nitrogens with zero attached hydrogens (tertiary/aromatic N) is 2. The lowest BCUT2D eigenvalue weighted by Gasteiger charge is -2.36. The molecule has 3 N–H and O–H groups in total. The summed E-state index contributed by atoms with van der Waals surface area (Å²) in [7, 11) is 0. The number of carbonyl (C=O) groups excluding carboxylic acids is 1. The second-order valence-corrected chi connectivity index (χ2v) is 7.27. The van der Waals surface area contributed by atoms with E-state index in [2.05, 4.69) is 20.0 Å². The number of amides is 1. The van der Waals surface area contributed by atoms with Crippen LogP contribution >= 0.6 is 11.6 Å². The van der Waals surface area contributed by atoms with Crippen LogP contribution in [0.1, 0.15) is 29.4 Å². The number of amidine groups is 1. The zero-order chi connectivity index (χ0) is 23.1. The third-order valence-corrected chi connectivity index (χ3v) is 4.66. The van der Waals surface area contributed by atoms with Crippen LogP contribution in [0.4, 0.5) is 32.0 Å². The molecule has 1 aliphatic heterocycles. The Kier molecular flexibility index (Phi) is 5.78. The predicted octanol–water partition coefficient (Wildman–Crippen LogP) is 4.29. The minimum atomic E-state index is -4.85. The van der Waals surface area contributed by atoms with Gasteiger partial charge in [-0.05, 0) is 19.1 Å². The zero-order valence-electron chi connectivity index (χ0n) is 15.5. The van der Waals surface area contributed by atoms with Crippen molar-refractivity contribution in [1.82, 2.24) is 4.98 Å². The van der Waals surface area contributed by atoms with Crippen LogP contribution in [0.25, 0.3) is 0 Å². The second-order valence-electron chi connectivity index (χ2n) is 6.83. The maximum absolute atomic E-state index is 14.5. The van der Waals surface area contributed by atoms with Crippen molar-refractivity contribution in [2.45, 2.75) is 31.2 Å². The first-order chi connectivity index (χ1) is 14.3. The van der Waals surface area contributed by atoms with Gasteiger partial charge in [0.15, 0.2) is 29.2 Å². The van der Waals surface area contributed by atoms with E-state index < -0.39 is 64.9 Å². The van der Waals surface area contributed by atoms with E-state index in [1.54, 1.807) is 0 Å². The molecule has 1 aliphatic rings. The van der Waals surface area contributed by atoms with Gasteiger partial charge in [-0.3, -0.25) is 4.79 Å². The molecule has 0 radical (unpaired) electrons. The normalized spacial score (nSPS) is 21.3. The Morgan fingerprint density at radius 2 is 1.94 bits per heavy atom. The highest BCUT2D eigenvalue weighted by Gasteiger charge is 2.50. The molecule has 0 spiro atoms. The molecule has 3 rings (SSSR count). The van der Waals surface area contributed by atoms with Gasteiger partial charge in [0.05, 0.1) is 10.6 Å². The van der Waals surface area contributed by atoms with Crippen molar-refractivity contribution < 1.29 is 35.9 Å². The molecule has 0 fully saturated rings. The molecule has 2 atom stereocenters. The molecule has 0 unspecified atom stereocenters. The summed E-state index contributed by atoms with van der Waals surface area (Å²) < 4.78 is 86.5. The maximum atomic E-state index is 14.5. The van der Waals surface area contributed by atoms with Crippen molar-refractivity contribution in [3.8, 4) is 0 Å². The average molecular weight is 467 g/mol. The highest BCUT2D eigenvalue weighted by Crippen LogP contribution is 2.41. The fraction of sp³-hybridized carbons (Fsp3) is 0.278. The predicted molar refractivity (Wildman–Crippen MR) is 98.0 cm³/mol. The van der Waals surface area contributed by atoms with Gasteiger partial charge in [0.25, 0.3) is 11.9 Å². The van der Waals surface area contributed by atoms with Crippen molar-refractivity contribution in [2.24, 2.45) is 10.7 Å². The molecule has 2 heterocycles. The van der Waals surface area contributed by atoms with Crippen molar-refractivity contribution in [3.05, 3.63) is 58.1 Å². The van der Waals surface area contributed by atoms with E-state index in [-0.39, 0.29) is 10.7 Å². The summed E-state index contributed by atoms with van der Waals surface area (Å²) >= 11 is 5.56. The molecule has 0 saturated heterocycles. The Morgan fingerprint density at radius 3 is 2.55 bits per heavy atom. The lowest BCUT2D eigenvalue weighted by molar-refractivity contribution is -0.208. The molecule has 2 aromatic rings. The molecule has 0 saturated carbocycles. The van der Waals surface area contributed by atoms with Crippen LogP contribution in [0.15, 0.2) is 29.4 Å². The maximum Gasteiger partial charge on any atom is 0.425 e. The molecular weight excluding hydrogens is 454 g/mol. The standard InChI is InChI=1S/C18H13ClF6N4O2/c1-17(5-12(18(23,24)25)31-16(26)29-17)9-3-8(4-10(20)13(9)22)28-15(30)14-11(21)2-7(19)6-27-14/h2-4,6,12H,5H2,1H3,(H2,26,29)(H,28,30)/t12-,17+/m0/s1. The van der Waals surface area contributed by atoms with Gasteiger partial charge < -0.3 is 15.8 Å². The summed E-state index contributed by atoms with van der Waals surface area (Å²) in [5, 5.41) is 2.03. The largest absolute Gasteiger partial charge is 0.452 e. The number of rotatable bonds is 3. The first-order valence-corrected chi connectivity index (χ1v) is 8.88. The Hall–Kier alpha value is -3.02. The number of nitrogens with one attached hydrogen (secondary N) is 1. The summed E-state index contributed by atoms with van der Waals surface area (Å²) in [6.45, 7) is 1.10. The van der Waals surface area contributed by atoms with Crippen LogP contribution in [0.3, 0.4) is 0 Å². The quantitative estimate of drug-likeness (QED) is 0.661. The highest BCUT2D eigenvalue weighted by molar-refractivity contribution is 6.30. The van der Waals surface area contributed by atoms with E-state index >= 15 is 0 Å². The number of halogens is 7. The van der Waals surface area contributed by atoms with E-state index in [4.69, 9.17) is 17.3 Å². The van der Waals surface area contributed by atoms with Crippen LogP contribution in [0.2, 0.25) is 5.02 Å². The van der Waals surface area contributed by atoms with Gasteiger partial charge >= 0.3 is 6.18 Å². The van der Waals surface area contributed by atoms with Crippen molar-refractivity contribution in [1.29, 1.82) is 0 Å². The number of hydrogen-bond acceptors (Lipinski definition) is 5. The van der Waals surface area contributed by atoms with E-state index in [1.165, 1.54) is 0 Å². The fourth-order valence-electron chi connectivity index (χ4n) is 3.04. The van der Waals surface area contributed by atoms with Gasteiger partial charge in [-0.1, -0.05) is 11.6 Å². The first-order valence-electron chi connectivity index (χ1n) is 8.51. The Labute approximate surface area is 176 Å². The molecule has 13 heteroatoms. The molecule has 1 aromatic carbocycles. The second kappa shape index (κ2) is 7.91. The summed E-state index contributed by atoms with van der Waals surface area (Å²) in [6, 6.07) is 1.40. The van der Waals surface area contributed by atoms with Crippen LogP contribution < -0.4 is 11.1 Å². The van der Waals surface area contributed by atoms with E-state index in [0.29, 0.717) is 6.07 Å². The number of anilines is 1. The number of benzene rings is 1. The number of hydrogen-bond donors (Lipinski definition) is 2. The van der Waals surface area contributed by atoms with Crippen LogP contribution in [0, 0.1) is 17.5 Å². The number of carbonyl (C=O) groups is 1. The molecule has 6 nitrogen and oxygen atoms in total. The molecule has 31 heavy (non-hydrogen) atoms. The minimum absolute atomic E-state index is 0.0775. The lowest BCUT2D eigenvalue weighted by atomic mass is 9.85. The third kappa shape index (κ3) is 4.68. The Bertz CT molecular complexity index is 1080. The third-order valence-electron chi connectivity index (χ3n) is 4.46. The summed E-state index contributed by atoms with van der Waals surface area (Å²) in [5.41, 5.74) is 1.67. The van der Waals surface area contributed by atoms with E-state index in [0.717, 1.165) is 25.3 Å². The van der Waals surface area contributed by atoms with Gasteiger partial charge in [-0.25, -0.2) is 23.1 Å². The zero-order valence-corrected chi connectivity index (χ0v) is 16.3. The Morgan fingerprint density at radius 1 is 1.26 bits per heavy atom. The van der Waals surface area contributed by atoms with Crippen LogP contribution in [0.5, 0.6) is 0 Å². The number of aliphatic imine (C=N–C) groups is 1. The van der Waals surface area contributed by atoms with Gasteiger partial charge in [0, 0.05) is 29.9 Å². The number of pyridine rings is 1. The molecular formula is C18H13ClF6N4O2. The van der Waals surface area contributed by atoms with E-state index in [9.17, 15) is 31.1 Å². The van der Waals surface area contributed by atoms with Gasteiger partial charge in [0.2, 0.25) is 0 Å². The van der Waals surface area contributed by atoms with Crippen molar-refractivity contribution in [3.63, 3.8) is 0 Å². The SMILES string of the molecule is C[C@]1(c2cc(NC(=O)c3ncc(Cl)cc3F)cc(F)c2F)C[C@@H](C(F)(F)F)OC(N)=N1. The summed E-state index contributed by atoms with van der Waals surface area (Å²) in [6.07, 6.45) is -7.17. The number of ether oxygens (including phenoxy) is 1. The van der Waals surface area contributed by atoms with Crippen molar-refractivity contribution >= 4 is 29.2 Å². The number of nitrogens with two attached hydrogens (primary N) is 1. The summed E-state index contributed by atoms with van der Waals surface area (Å²) in [5.74, 6) is -5.17. The number of aromatic nitrogens is 1. The molecule has 0 aliphatic carbocycles. The molecule has 0 bridgehead atoms. The first kappa shape index (κ1) is 22.7. The van der Waals surface area contributed by atoms with Crippen LogP contribution in [-0.2, 0) is 10.3 Å². The molecule has 166 valence electrons. The van der Waals surface area contributed by atoms with Crippen molar-refractivity contribution in [2.75, 3.05) is 5.32 Å². The monoisotopic (exact) mass is 466 g/mol. The lowest BCUT2D eigenvalue weighted by Crippen LogP contribution is -2.46. The molecule has 1 aromatic heterocycles.